The molecule has 0 radical (unpaired) electrons. The number of carbonyl (C=O) groups is 3. The molecule has 5 heteroatoms. The summed E-state index contributed by atoms with van der Waals surface area (Å²) in [4.78, 5) is 38.5. The molecule has 4 aliphatic rings. The van der Waals surface area contributed by atoms with Gasteiger partial charge in [-0.25, -0.2) is 0 Å². The van der Waals surface area contributed by atoms with Crippen LogP contribution in [0.5, 0.6) is 0 Å². The normalized spacial score (nSPS) is 36.2. The highest BCUT2D eigenvalue weighted by Gasteiger charge is 2.58. The zero-order valence-corrected chi connectivity index (χ0v) is 11.8. The molecule has 5 atom stereocenters. The van der Waals surface area contributed by atoms with Gasteiger partial charge in [0.15, 0.2) is 0 Å². The lowest BCUT2D eigenvalue weighted by molar-refractivity contribution is -0.148. The minimum atomic E-state index is -0.662. The van der Waals surface area contributed by atoms with Crippen molar-refractivity contribution in [3.8, 4) is 0 Å². The van der Waals surface area contributed by atoms with Crippen LogP contribution >= 0.6 is 0 Å². The van der Waals surface area contributed by atoms with Gasteiger partial charge >= 0.3 is 0 Å². The Morgan fingerprint density at radius 2 is 1.75 bits per heavy atom. The van der Waals surface area contributed by atoms with Gasteiger partial charge in [-0.1, -0.05) is 19.1 Å². The van der Waals surface area contributed by atoms with Gasteiger partial charge in [-0.15, -0.1) is 0 Å². The van der Waals surface area contributed by atoms with Crippen LogP contribution < -0.4 is 5.32 Å². The van der Waals surface area contributed by atoms with Crippen LogP contribution in [0.15, 0.2) is 12.2 Å². The third-order valence-corrected chi connectivity index (χ3v) is 5.04. The lowest BCUT2D eigenvalue weighted by atomic mass is 9.63. The lowest BCUT2D eigenvalue weighted by Crippen LogP contribution is -2.49. The molecule has 5 nitrogen and oxygen atoms in total. The highest BCUT2D eigenvalue weighted by atomic mass is 16.2. The minimum Gasteiger partial charge on any atom is -0.357 e. The fraction of sp³-hybridized carbons (Fsp3) is 0.667. The second-order valence-corrected chi connectivity index (χ2v) is 5.93. The van der Waals surface area contributed by atoms with Crippen molar-refractivity contribution in [1.29, 1.82) is 0 Å². The molecule has 0 unspecified atom stereocenters. The van der Waals surface area contributed by atoms with Gasteiger partial charge in [-0.3, -0.25) is 19.3 Å². The van der Waals surface area contributed by atoms with Crippen molar-refractivity contribution >= 4 is 17.7 Å². The Morgan fingerprint density at radius 1 is 1.25 bits per heavy atom. The van der Waals surface area contributed by atoms with E-state index in [0.29, 0.717) is 6.42 Å². The summed E-state index contributed by atoms with van der Waals surface area (Å²) >= 11 is 0. The number of amides is 3. The summed E-state index contributed by atoms with van der Waals surface area (Å²) in [6.07, 6.45) is 6.59. The van der Waals surface area contributed by atoms with Crippen LogP contribution in [-0.4, -0.2) is 35.7 Å². The van der Waals surface area contributed by atoms with E-state index in [-0.39, 0.29) is 41.4 Å². The van der Waals surface area contributed by atoms with Gasteiger partial charge < -0.3 is 5.32 Å². The van der Waals surface area contributed by atoms with Gasteiger partial charge in [0.25, 0.3) is 0 Å². The SMILES string of the molecule is CC[C@H](C(=O)NC)N1C(=O)[C@H]2[C@H](C1=O)[C@H]1C=C[C@H]2CC1. The lowest BCUT2D eigenvalue weighted by Gasteiger charge is -2.38. The Hall–Kier alpha value is -1.65. The quantitative estimate of drug-likeness (QED) is 0.610. The summed E-state index contributed by atoms with van der Waals surface area (Å²) in [6.45, 7) is 1.83. The maximum Gasteiger partial charge on any atom is 0.243 e. The zero-order valence-electron chi connectivity index (χ0n) is 11.8. The number of hydrogen-bond donors (Lipinski definition) is 1. The van der Waals surface area contributed by atoms with E-state index in [1.165, 1.54) is 11.9 Å². The van der Waals surface area contributed by atoms with E-state index in [0.717, 1.165) is 12.8 Å². The van der Waals surface area contributed by atoms with E-state index >= 15 is 0 Å². The van der Waals surface area contributed by atoms with Crippen molar-refractivity contribution in [2.45, 2.75) is 32.2 Å². The molecule has 3 amide bonds. The number of hydrogen-bond acceptors (Lipinski definition) is 3. The van der Waals surface area contributed by atoms with Crippen LogP contribution in [0.3, 0.4) is 0 Å². The van der Waals surface area contributed by atoms with Gasteiger partial charge in [-0.2, -0.15) is 0 Å². The van der Waals surface area contributed by atoms with Gasteiger partial charge in [0.2, 0.25) is 17.7 Å². The summed E-state index contributed by atoms with van der Waals surface area (Å²) in [5, 5.41) is 2.55. The van der Waals surface area contributed by atoms with Crippen molar-refractivity contribution in [1.82, 2.24) is 10.2 Å². The van der Waals surface area contributed by atoms with Crippen LogP contribution in [0, 0.1) is 23.7 Å². The molecule has 0 aromatic rings. The van der Waals surface area contributed by atoms with E-state index < -0.39 is 6.04 Å². The molecule has 2 bridgehead atoms. The largest absolute Gasteiger partial charge is 0.357 e. The third kappa shape index (κ3) is 1.65. The number of imide groups is 1. The molecule has 1 saturated carbocycles. The first-order valence-electron chi connectivity index (χ1n) is 7.37. The Kier molecular flexibility index (Phi) is 3.15. The van der Waals surface area contributed by atoms with Crippen LogP contribution in [-0.2, 0) is 14.4 Å². The number of likely N-dealkylation sites (tertiary alicyclic amines) is 1. The topological polar surface area (TPSA) is 66.5 Å². The Morgan fingerprint density at radius 3 is 2.10 bits per heavy atom. The van der Waals surface area contributed by atoms with Crippen LogP contribution in [0.4, 0.5) is 0 Å². The monoisotopic (exact) mass is 276 g/mol. The number of nitrogens with zero attached hydrogens (tertiary/aromatic N) is 1. The zero-order chi connectivity index (χ0) is 14.4. The molecule has 20 heavy (non-hydrogen) atoms. The molecule has 3 aliphatic carbocycles. The first-order valence-corrected chi connectivity index (χ1v) is 7.37. The fourth-order valence-corrected chi connectivity index (χ4v) is 4.06. The first-order chi connectivity index (χ1) is 9.60. The van der Waals surface area contributed by atoms with Gasteiger partial charge in [0.05, 0.1) is 11.8 Å². The summed E-state index contributed by atoms with van der Waals surface area (Å²) in [7, 11) is 1.54. The van der Waals surface area contributed by atoms with Crippen molar-refractivity contribution in [3.05, 3.63) is 12.2 Å². The number of carbonyl (C=O) groups excluding carboxylic acids is 3. The van der Waals surface area contributed by atoms with E-state index in [1.807, 2.05) is 6.92 Å². The molecule has 1 aliphatic heterocycles. The Bertz CT molecular complexity index is 467. The summed E-state index contributed by atoms with van der Waals surface area (Å²) in [6, 6.07) is -0.662. The van der Waals surface area contributed by atoms with Gasteiger partial charge in [0, 0.05) is 7.05 Å². The maximum absolute atomic E-state index is 12.7. The molecular weight excluding hydrogens is 256 g/mol. The van der Waals surface area contributed by atoms with E-state index in [2.05, 4.69) is 17.5 Å². The number of allylic oxidation sites excluding steroid dienone is 2. The second kappa shape index (κ2) is 4.72. The number of fused-ring (bicyclic) bond motifs is 1. The predicted molar refractivity (Wildman–Crippen MR) is 72.3 cm³/mol. The molecule has 1 saturated heterocycles. The molecule has 108 valence electrons. The van der Waals surface area contributed by atoms with Crippen molar-refractivity contribution in [2.24, 2.45) is 23.7 Å². The smallest absolute Gasteiger partial charge is 0.243 e. The number of rotatable bonds is 3. The van der Waals surface area contributed by atoms with Gasteiger partial charge in [-0.05, 0) is 31.1 Å². The molecule has 2 fully saturated rings. The minimum absolute atomic E-state index is 0.144. The summed E-state index contributed by atoms with van der Waals surface area (Å²) < 4.78 is 0. The molecule has 0 aromatic carbocycles. The van der Waals surface area contributed by atoms with Crippen LogP contribution in [0.25, 0.3) is 0 Å². The maximum atomic E-state index is 12.7. The Balaban J connectivity index is 1.94. The average Bonchev–Trinajstić information content (AvgIpc) is 2.76. The predicted octanol–water partition coefficient (Wildman–Crippen LogP) is 0.708. The standard InChI is InChI=1S/C15H20N2O3/c1-3-10(13(18)16-2)17-14(19)11-8-4-5-9(7-6-8)12(11)15(17)20/h4-5,8-12H,3,6-7H2,1-2H3,(H,16,18)/t8-,9-,10+,11+,12+/m0/s1. The van der Waals surface area contributed by atoms with Crippen LogP contribution in [0.1, 0.15) is 26.2 Å². The number of likely N-dealkylation sites (N-methyl/N-ethyl adjacent to an activating group) is 1. The second-order valence-electron chi connectivity index (χ2n) is 5.93. The van der Waals surface area contributed by atoms with Crippen molar-refractivity contribution in [3.63, 3.8) is 0 Å². The van der Waals surface area contributed by atoms with Gasteiger partial charge in [0.1, 0.15) is 6.04 Å². The molecule has 0 aromatic heterocycles. The highest BCUT2D eigenvalue weighted by Crippen LogP contribution is 2.50. The van der Waals surface area contributed by atoms with Crippen LogP contribution in [0.2, 0.25) is 0 Å². The van der Waals surface area contributed by atoms with E-state index in [4.69, 9.17) is 0 Å². The molecular formula is C15H20N2O3. The highest BCUT2D eigenvalue weighted by molar-refractivity contribution is 6.09. The van der Waals surface area contributed by atoms with E-state index in [1.54, 1.807) is 0 Å². The first kappa shape index (κ1) is 13.3. The third-order valence-electron chi connectivity index (χ3n) is 5.04. The van der Waals surface area contributed by atoms with Crippen molar-refractivity contribution < 1.29 is 14.4 Å². The van der Waals surface area contributed by atoms with E-state index in [9.17, 15) is 14.4 Å². The molecule has 0 spiro atoms. The summed E-state index contributed by atoms with van der Waals surface area (Å²) in [5.41, 5.74) is 0. The fourth-order valence-electron chi connectivity index (χ4n) is 4.06. The number of nitrogens with one attached hydrogen (secondary N) is 1. The summed E-state index contributed by atoms with van der Waals surface area (Å²) in [5.74, 6) is -0.658. The Labute approximate surface area is 118 Å². The molecule has 1 heterocycles. The molecule has 1 N–H and O–H groups in total. The average molecular weight is 276 g/mol. The molecule has 4 rings (SSSR count). The van der Waals surface area contributed by atoms with Crippen molar-refractivity contribution in [2.75, 3.05) is 7.05 Å².